The second-order valence-corrected chi connectivity index (χ2v) is 9.79. The summed E-state index contributed by atoms with van der Waals surface area (Å²) in [6.45, 7) is 5.57. The quantitative estimate of drug-likeness (QED) is 0.767. The van der Waals surface area contributed by atoms with E-state index in [-0.39, 0.29) is 23.6 Å². The molecular formula is C18H25N5O5S. The van der Waals surface area contributed by atoms with Gasteiger partial charge in [0, 0.05) is 0 Å². The van der Waals surface area contributed by atoms with Crippen LogP contribution in [0.25, 0.3) is 5.69 Å². The molecule has 2 atom stereocenters. The van der Waals surface area contributed by atoms with Gasteiger partial charge in [0.15, 0.2) is 0 Å². The van der Waals surface area contributed by atoms with Gasteiger partial charge in [0.1, 0.15) is 5.60 Å². The number of nitrogens with zero attached hydrogens (tertiary/aromatic N) is 4. The summed E-state index contributed by atoms with van der Waals surface area (Å²) in [4.78, 5) is 11.9. The number of amides is 1. The number of ether oxygens (including phenoxy) is 2. The zero-order valence-corrected chi connectivity index (χ0v) is 17.4. The van der Waals surface area contributed by atoms with E-state index in [9.17, 15) is 13.2 Å². The lowest BCUT2D eigenvalue weighted by atomic mass is 10.1. The van der Waals surface area contributed by atoms with Crippen LogP contribution in [0.3, 0.4) is 0 Å². The number of alkyl carbamates (subject to hydrolysis) is 1. The SMILES string of the molecule is CC(C)(C)OC(=O)N[C@@H]1CC[C@@H](CS(=O)(=O)c2nnnn2-c2ccccc2)OC1. The number of carbonyl (C=O) groups is 1. The van der Waals surface area contributed by atoms with Gasteiger partial charge in [-0.1, -0.05) is 23.3 Å². The van der Waals surface area contributed by atoms with Gasteiger partial charge < -0.3 is 14.8 Å². The largest absolute Gasteiger partial charge is 0.444 e. The maximum absolute atomic E-state index is 12.8. The predicted molar refractivity (Wildman–Crippen MR) is 103 cm³/mol. The standard InChI is InChI=1S/C18H25N5O5S/c1-18(2,3)28-17(24)19-13-9-10-15(27-11-13)12-29(25,26)16-20-21-22-23(16)14-7-5-4-6-8-14/h4-8,13,15H,9-12H2,1-3H3,(H,19,24)/t13-,15+/m1/s1. The number of para-hydroxylation sites is 1. The van der Waals surface area contributed by atoms with Crippen molar-refractivity contribution in [1.29, 1.82) is 0 Å². The molecule has 10 nitrogen and oxygen atoms in total. The van der Waals surface area contributed by atoms with Crippen molar-refractivity contribution in [2.45, 2.75) is 56.5 Å². The molecule has 1 fully saturated rings. The van der Waals surface area contributed by atoms with Crippen LogP contribution < -0.4 is 5.32 Å². The van der Waals surface area contributed by atoms with Crippen LogP contribution in [0, 0.1) is 0 Å². The summed E-state index contributed by atoms with van der Waals surface area (Å²) in [6.07, 6.45) is 0.0483. The number of rotatable bonds is 5. The summed E-state index contributed by atoms with van der Waals surface area (Å²) in [6, 6.07) is 8.59. The van der Waals surface area contributed by atoms with Crippen molar-refractivity contribution in [3.05, 3.63) is 30.3 Å². The Kier molecular flexibility index (Phi) is 6.18. The Morgan fingerprint density at radius 1 is 1.28 bits per heavy atom. The molecule has 0 bridgehead atoms. The van der Waals surface area contributed by atoms with Gasteiger partial charge in [-0.2, -0.15) is 4.68 Å². The second kappa shape index (κ2) is 8.46. The van der Waals surface area contributed by atoms with E-state index >= 15 is 0 Å². The zero-order valence-electron chi connectivity index (χ0n) is 16.6. The minimum Gasteiger partial charge on any atom is -0.444 e. The number of benzene rings is 1. The molecule has 0 saturated carbocycles. The van der Waals surface area contributed by atoms with Gasteiger partial charge in [-0.3, -0.25) is 0 Å². The number of sulfone groups is 1. The molecule has 1 amide bonds. The fourth-order valence-electron chi connectivity index (χ4n) is 2.95. The summed E-state index contributed by atoms with van der Waals surface area (Å²) in [7, 11) is -3.77. The first-order valence-corrected chi connectivity index (χ1v) is 11.0. The highest BCUT2D eigenvalue weighted by Crippen LogP contribution is 2.20. The molecule has 29 heavy (non-hydrogen) atoms. The zero-order chi connectivity index (χ0) is 21.1. The number of aromatic nitrogens is 4. The van der Waals surface area contributed by atoms with Crippen LogP contribution in [0.15, 0.2) is 35.5 Å². The molecule has 0 radical (unpaired) electrons. The Balaban J connectivity index is 1.58. The van der Waals surface area contributed by atoms with E-state index < -0.39 is 27.6 Å². The number of hydrogen-bond acceptors (Lipinski definition) is 8. The first-order valence-electron chi connectivity index (χ1n) is 9.32. The van der Waals surface area contributed by atoms with Crippen molar-refractivity contribution in [3.8, 4) is 5.69 Å². The summed E-state index contributed by atoms with van der Waals surface area (Å²) in [5.41, 5.74) is -0.0267. The number of hydrogen-bond donors (Lipinski definition) is 1. The highest BCUT2D eigenvalue weighted by atomic mass is 32.2. The Morgan fingerprint density at radius 3 is 2.62 bits per heavy atom. The molecule has 1 saturated heterocycles. The van der Waals surface area contributed by atoms with E-state index in [0.717, 1.165) is 0 Å². The summed E-state index contributed by atoms with van der Waals surface area (Å²) in [5, 5.41) is 13.5. The van der Waals surface area contributed by atoms with Gasteiger partial charge in [-0.05, 0) is 56.2 Å². The number of nitrogens with one attached hydrogen (secondary N) is 1. The molecule has 11 heteroatoms. The summed E-state index contributed by atoms with van der Waals surface area (Å²) in [5.74, 6) is -0.237. The lowest BCUT2D eigenvalue weighted by Gasteiger charge is -2.30. The van der Waals surface area contributed by atoms with Crippen LogP contribution in [0.2, 0.25) is 0 Å². The molecule has 2 heterocycles. The maximum Gasteiger partial charge on any atom is 0.407 e. The van der Waals surface area contributed by atoms with Crippen molar-refractivity contribution >= 4 is 15.9 Å². The fraction of sp³-hybridized carbons (Fsp3) is 0.556. The lowest BCUT2D eigenvalue weighted by molar-refractivity contribution is 0.00262. The third-order valence-corrected chi connectivity index (χ3v) is 5.84. The van der Waals surface area contributed by atoms with E-state index in [1.54, 1.807) is 45.0 Å². The third-order valence-electron chi connectivity index (χ3n) is 4.22. The van der Waals surface area contributed by atoms with Gasteiger partial charge in [-0.15, -0.1) is 0 Å². The lowest BCUT2D eigenvalue weighted by Crippen LogP contribution is -2.46. The van der Waals surface area contributed by atoms with Crippen LogP contribution in [0.5, 0.6) is 0 Å². The van der Waals surface area contributed by atoms with Crippen molar-refractivity contribution in [3.63, 3.8) is 0 Å². The highest BCUT2D eigenvalue weighted by molar-refractivity contribution is 7.91. The Morgan fingerprint density at radius 2 is 2.00 bits per heavy atom. The summed E-state index contributed by atoms with van der Waals surface area (Å²) >= 11 is 0. The monoisotopic (exact) mass is 423 g/mol. The van der Waals surface area contributed by atoms with Crippen LogP contribution in [0.1, 0.15) is 33.6 Å². The van der Waals surface area contributed by atoms with Gasteiger partial charge >= 0.3 is 6.09 Å². The van der Waals surface area contributed by atoms with E-state index in [2.05, 4.69) is 20.8 Å². The molecule has 1 aliphatic heterocycles. The number of tetrazole rings is 1. The normalized spacial score (nSPS) is 20.2. The van der Waals surface area contributed by atoms with Crippen LogP contribution in [-0.2, 0) is 19.3 Å². The van der Waals surface area contributed by atoms with E-state index in [0.29, 0.717) is 18.5 Å². The molecule has 1 aliphatic rings. The van der Waals surface area contributed by atoms with Crippen molar-refractivity contribution in [2.75, 3.05) is 12.4 Å². The molecule has 1 aromatic heterocycles. The predicted octanol–water partition coefficient (Wildman–Crippen LogP) is 1.51. The highest BCUT2D eigenvalue weighted by Gasteiger charge is 2.32. The minimum absolute atomic E-state index is 0.211. The van der Waals surface area contributed by atoms with Crippen LogP contribution >= 0.6 is 0 Å². The molecular weight excluding hydrogens is 398 g/mol. The van der Waals surface area contributed by atoms with E-state index in [1.807, 2.05) is 6.07 Å². The van der Waals surface area contributed by atoms with Gasteiger partial charge in [0.25, 0.3) is 5.16 Å². The van der Waals surface area contributed by atoms with Gasteiger partial charge in [-0.25, -0.2) is 13.2 Å². The third kappa shape index (κ3) is 5.73. The molecule has 1 N–H and O–H groups in total. The van der Waals surface area contributed by atoms with Gasteiger partial charge in [0.05, 0.1) is 30.2 Å². The number of carbonyl (C=O) groups excluding carboxylic acids is 1. The Labute approximate surface area is 169 Å². The molecule has 158 valence electrons. The molecule has 3 rings (SSSR count). The minimum atomic E-state index is -3.77. The smallest absolute Gasteiger partial charge is 0.407 e. The average molecular weight is 423 g/mol. The van der Waals surface area contributed by atoms with Crippen molar-refractivity contribution < 1.29 is 22.7 Å². The Bertz CT molecular complexity index is 931. The van der Waals surface area contributed by atoms with Crippen molar-refractivity contribution in [1.82, 2.24) is 25.5 Å². The topological polar surface area (TPSA) is 125 Å². The Hall–Kier alpha value is -2.53. The van der Waals surface area contributed by atoms with Gasteiger partial charge in [0.2, 0.25) is 9.84 Å². The van der Waals surface area contributed by atoms with Crippen LogP contribution in [-0.4, -0.2) is 64.8 Å². The molecule has 2 aromatic rings. The fourth-order valence-corrected chi connectivity index (χ4v) is 4.42. The molecule has 1 aromatic carbocycles. The van der Waals surface area contributed by atoms with E-state index in [4.69, 9.17) is 9.47 Å². The second-order valence-electron chi connectivity index (χ2n) is 7.87. The van der Waals surface area contributed by atoms with E-state index in [1.165, 1.54) is 4.68 Å². The average Bonchev–Trinajstić information content (AvgIpc) is 3.13. The molecule has 0 spiro atoms. The first kappa shape index (κ1) is 21.2. The van der Waals surface area contributed by atoms with Crippen molar-refractivity contribution in [2.24, 2.45) is 0 Å². The molecule has 0 unspecified atom stereocenters. The first-order chi connectivity index (χ1) is 13.6. The molecule has 0 aliphatic carbocycles. The maximum atomic E-state index is 12.8. The summed E-state index contributed by atoms with van der Waals surface area (Å²) < 4.78 is 37.8. The van der Waals surface area contributed by atoms with Crippen LogP contribution in [0.4, 0.5) is 4.79 Å².